The van der Waals surface area contributed by atoms with E-state index in [1.807, 2.05) is 0 Å². The number of fused-ring (bicyclic) bond motifs is 1. The SMILES string of the molecule is O=NC(=O)C1=CCN2CCCCC2=N1. The first kappa shape index (κ1) is 9.05. The van der Waals surface area contributed by atoms with Gasteiger partial charge < -0.3 is 4.90 Å². The van der Waals surface area contributed by atoms with Gasteiger partial charge in [-0.2, -0.15) is 0 Å². The van der Waals surface area contributed by atoms with E-state index in [0.717, 1.165) is 25.2 Å². The number of hydrogen-bond donors (Lipinski definition) is 0. The predicted octanol–water partition coefficient (Wildman–Crippen LogP) is 1.06. The molecule has 5 heteroatoms. The Morgan fingerprint density at radius 3 is 3.14 bits per heavy atom. The van der Waals surface area contributed by atoms with Crippen molar-refractivity contribution in [2.24, 2.45) is 10.2 Å². The van der Waals surface area contributed by atoms with Gasteiger partial charge in [-0.3, -0.25) is 4.79 Å². The lowest BCUT2D eigenvalue weighted by Gasteiger charge is -2.31. The fraction of sp³-hybridized carbons (Fsp3) is 0.556. The Balaban J connectivity index is 2.18. The molecule has 1 saturated heterocycles. The molecule has 14 heavy (non-hydrogen) atoms. The first-order valence-electron chi connectivity index (χ1n) is 4.71. The zero-order valence-corrected chi connectivity index (χ0v) is 7.77. The van der Waals surface area contributed by atoms with E-state index in [9.17, 15) is 9.70 Å². The first-order chi connectivity index (χ1) is 6.81. The van der Waals surface area contributed by atoms with Crippen LogP contribution >= 0.6 is 0 Å². The van der Waals surface area contributed by atoms with Crippen LogP contribution in [-0.4, -0.2) is 29.7 Å². The van der Waals surface area contributed by atoms with Crippen molar-refractivity contribution in [1.82, 2.24) is 4.90 Å². The third kappa shape index (κ3) is 1.57. The predicted molar refractivity (Wildman–Crippen MR) is 51.7 cm³/mol. The third-order valence-corrected chi connectivity index (χ3v) is 2.50. The minimum Gasteiger partial charge on any atom is -0.356 e. The Kier molecular flexibility index (Phi) is 2.39. The summed E-state index contributed by atoms with van der Waals surface area (Å²) in [6.45, 7) is 1.67. The van der Waals surface area contributed by atoms with Gasteiger partial charge in [-0.15, -0.1) is 4.91 Å². The van der Waals surface area contributed by atoms with Gasteiger partial charge in [0, 0.05) is 24.7 Å². The Hall–Kier alpha value is -1.52. The van der Waals surface area contributed by atoms with E-state index in [4.69, 9.17) is 0 Å². The number of rotatable bonds is 1. The molecule has 2 rings (SSSR count). The minimum atomic E-state index is -0.761. The number of carbonyl (C=O) groups excluding carboxylic acids is 1. The number of hydrogen-bond acceptors (Lipinski definition) is 4. The standard InChI is InChI=1S/C9H11N3O2/c13-9(11-14)7-4-6-12-5-2-1-3-8(12)10-7/h4H,1-3,5-6H2. The summed E-state index contributed by atoms with van der Waals surface area (Å²) in [5, 5.41) is 2.37. The van der Waals surface area contributed by atoms with Crippen LogP contribution in [0, 0.1) is 4.91 Å². The highest BCUT2D eigenvalue weighted by Gasteiger charge is 2.21. The molecule has 2 aliphatic rings. The van der Waals surface area contributed by atoms with E-state index >= 15 is 0 Å². The van der Waals surface area contributed by atoms with Crippen molar-refractivity contribution in [3.05, 3.63) is 16.7 Å². The summed E-state index contributed by atoms with van der Waals surface area (Å²) in [4.78, 5) is 27.3. The largest absolute Gasteiger partial charge is 0.356 e. The van der Waals surface area contributed by atoms with Gasteiger partial charge in [-0.05, 0) is 18.9 Å². The molecule has 5 nitrogen and oxygen atoms in total. The van der Waals surface area contributed by atoms with Gasteiger partial charge in [-0.1, -0.05) is 0 Å². The van der Waals surface area contributed by atoms with Gasteiger partial charge in [0.2, 0.25) is 0 Å². The van der Waals surface area contributed by atoms with Crippen molar-refractivity contribution in [3.8, 4) is 0 Å². The number of nitroso groups, excluding NO2 is 1. The van der Waals surface area contributed by atoms with Crippen LogP contribution in [0.3, 0.4) is 0 Å². The number of amidine groups is 1. The first-order valence-corrected chi connectivity index (χ1v) is 4.71. The summed E-state index contributed by atoms with van der Waals surface area (Å²) in [6, 6.07) is 0. The Morgan fingerprint density at radius 2 is 2.36 bits per heavy atom. The zero-order valence-electron chi connectivity index (χ0n) is 7.77. The number of aliphatic imine (C=N–C) groups is 1. The molecule has 0 spiro atoms. The summed E-state index contributed by atoms with van der Waals surface area (Å²) >= 11 is 0. The summed E-state index contributed by atoms with van der Waals surface area (Å²) < 4.78 is 0. The molecule has 2 heterocycles. The van der Waals surface area contributed by atoms with E-state index in [2.05, 4.69) is 15.1 Å². The van der Waals surface area contributed by atoms with Crippen molar-refractivity contribution in [1.29, 1.82) is 0 Å². The van der Waals surface area contributed by atoms with Crippen LogP contribution in [0.5, 0.6) is 0 Å². The van der Waals surface area contributed by atoms with Crippen LogP contribution < -0.4 is 0 Å². The molecule has 0 N–H and O–H groups in total. The van der Waals surface area contributed by atoms with Crippen molar-refractivity contribution >= 4 is 11.7 Å². The summed E-state index contributed by atoms with van der Waals surface area (Å²) in [5.74, 6) is 0.161. The maximum atomic E-state index is 11.0. The fourth-order valence-corrected chi connectivity index (χ4v) is 1.76. The average Bonchev–Trinajstić information content (AvgIpc) is 2.27. The van der Waals surface area contributed by atoms with Gasteiger partial charge in [0.1, 0.15) is 11.5 Å². The lowest BCUT2D eigenvalue weighted by molar-refractivity contribution is -0.114. The Morgan fingerprint density at radius 1 is 1.50 bits per heavy atom. The maximum absolute atomic E-state index is 11.0. The van der Waals surface area contributed by atoms with Gasteiger partial charge >= 0.3 is 5.91 Å². The highest BCUT2D eigenvalue weighted by Crippen LogP contribution is 2.18. The molecule has 0 atom stereocenters. The highest BCUT2D eigenvalue weighted by atomic mass is 16.3. The summed E-state index contributed by atoms with van der Waals surface area (Å²) in [5.41, 5.74) is 0.202. The van der Waals surface area contributed by atoms with Gasteiger partial charge in [0.25, 0.3) is 0 Å². The van der Waals surface area contributed by atoms with Gasteiger partial charge in [0.15, 0.2) is 0 Å². The van der Waals surface area contributed by atoms with Crippen LogP contribution in [0.1, 0.15) is 19.3 Å². The third-order valence-electron chi connectivity index (χ3n) is 2.50. The quantitative estimate of drug-likeness (QED) is 0.585. The van der Waals surface area contributed by atoms with E-state index in [-0.39, 0.29) is 5.70 Å². The summed E-state index contributed by atoms with van der Waals surface area (Å²) in [6.07, 6.45) is 4.83. The van der Waals surface area contributed by atoms with Crippen molar-refractivity contribution in [2.75, 3.05) is 13.1 Å². The fourth-order valence-electron chi connectivity index (χ4n) is 1.76. The molecule has 0 aromatic carbocycles. The number of nitrogens with zero attached hydrogens (tertiary/aromatic N) is 3. The number of amides is 1. The number of piperidine rings is 1. The molecule has 0 aromatic heterocycles. The Labute approximate surface area is 81.5 Å². The molecule has 2 aliphatic heterocycles. The van der Waals surface area contributed by atoms with E-state index in [0.29, 0.717) is 6.54 Å². The highest BCUT2D eigenvalue weighted by molar-refractivity contribution is 5.98. The molecular weight excluding hydrogens is 182 g/mol. The van der Waals surface area contributed by atoms with E-state index in [1.165, 1.54) is 6.42 Å². The van der Waals surface area contributed by atoms with E-state index < -0.39 is 5.91 Å². The monoisotopic (exact) mass is 193 g/mol. The molecule has 1 amide bonds. The second-order valence-corrected chi connectivity index (χ2v) is 3.42. The van der Waals surface area contributed by atoms with Crippen molar-refractivity contribution < 1.29 is 4.79 Å². The molecule has 0 unspecified atom stereocenters. The molecular formula is C9H11N3O2. The molecule has 0 radical (unpaired) electrons. The van der Waals surface area contributed by atoms with Gasteiger partial charge in [-0.25, -0.2) is 4.99 Å². The van der Waals surface area contributed by atoms with Crippen LogP contribution in [-0.2, 0) is 4.79 Å². The van der Waals surface area contributed by atoms with Crippen molar-refractivity contribution in [2.45, 2.75) is 19.3 Å². The minimum absolute atomic E-state index is 0.202. The second-order valence-electron chi connectivity index (χ2n) is 3.42. The molecule has 0 aliphatic carbocycles. The van der Waals surface area contributed by atoms with Crippen LogP contribution in [0.4, 0.5) is 0 Å². The molecule has 0 aromatic rings. The van der Waals surface area contributed by atoms with Gasteiger partial charge in [0.05, 0.1) is 0 Å². The normalized spacial score (nSPS) is 20.7. The van der Waals surface area contributed by atoms with Crippen LogP contribution in [0.2, 0.25) is 0 Å². The zero-order chi connectivity index (χ0) is 9.97. The maximum Gasteiger partial charge on any atom is 0.334 e. The summed E-state index contributed by atoms with van der Waals surface area (Å²) in [7, 11) is 0. The lowest BCUT2D eigenvalue weighted by Crippen LogP contribution is -2.38. The van der Waals surface area contributed by atoms with Crippen molar-refractivity contribution in [3.63, 3.8) is 0 Å². The average molecular weight is 193 g/mol. The smallest absolute Gasteiger partial charge is 0.334 e. The van der Waals surface area contributed by atoms with Crippen LogP contribution in [0.15, 0.2) is 21.9 Å². The molecule has 0 saturated carbocycles. The lowest BCUT2D eigenvalue weighted by atomic mass is 10.1. The Bertz CT molecular complexity index is 333. The second kappa shape index (κ2) is 3.69. The van der Waals surface area contributed by atoms with E-state index in [1.54, 1.807) is 6.08 Å². The van der Waals surface area contributed by atoms with Crippen LogP contribution in [0.25, 0.3) is 0 Å². The molecule has 1 fully saturated rings. The topological polar surface area (TPSA) is 62.1 Å². The number of carbonyl (C=O) groups is 1. The molecule has 0 bridgehead atoms. The molecule has 74 valence electrons.